The number of hydrogen-bond acceptors (Lipinski definition) is 8. The van der Waals surface area contributed by atoms with E-state index in [0.29, 0.717) is 42.7 Å². The Morgan fingerprint density at radius 3 is 2.55 bits per heavy atom. The lowest BCUT2D eigenvalue weighted by Crippen LogP contribution is -2.37. The monoisotopic (exact) mass is 448 g/mol. The third-order valence-corrected chi connectivity index (χ3v) is 6.29. The average Bonchev–Trinajstić information content (AvgIpc) is 2.71. The highest BCUT2D eigenvalue weighted by molar-refractivity contribution is 7.89. The molecule has 1 aromatic heterocycles. The third-order valence-electron chi connectivity index (χ3n) is 4.67. The number of carbonyl (C=O) groups excluding carboxylic acids is 1. The van der Waals surface area contributed by atoms with E-state index in [1.54, 1.807) is 19.1 Å². The number of nitrogens with zero attached hydrogens (tertiary/aromatic N) is 3. The van der Waals surface area contributed by atoms with Gasteiger partial charge in [-0.05, 0) is 37.6 Å². The summed E-state index contributed by atoms with van der Waals surface area (Å²) in [5.74, 6) is 1.90. The van der Waals surface area contributed by atoms with Gasteiger partial charge < -0.3 is 20.3 Å². The summed E-state index contributed by atoms with van der Waals surface area (Å²) in [6.45, 7) is 8.34. The number of nitrogens with one attached hydrogen (secondary N) is 3. The van der Waals surface area contributed by atoms with Gasteiger partial charge in [0.05, 0.1) is 18.1 Å². The van der Waals surface area contributed by atoms with E-state index in [1.165, 1.54) is 13.0 Å². The van der Waals surface area contributed by atoms with Gasteiger partial charge in [-0.15, -0.1) is 0 Å². The van der Waals surface area contributed by atoms with E-state index in [4.69, 9.17) is 4.74 Å². The van der Waals surface area contributed by atoms with Crippen LogP contribution in [0.2, 0.25) is 0 Å². The summed E-state index contributed by atoms with van der Waals surface area (Å²) in [7, 11) is -3.68. The lowest BCUT2D eigenvalue weighted by atomic mass is 10.2. The number of sulfonamides is 1. The largest absolute Gasteiger partial charge is 0.378 e. The molecule has 0 spiro atoms. The molecule has 0 bridgehead atoms. The summed E-state index contributed by atoms with van der Waals surface area (Å²) in [6, 6.07) is 6.54. The molecule has 1 fully saturated rings. The number of rotatable bonds is 8. The van der Waals surface area contributed by atoms with Gasteiger partial charge >= 0.3 is 0 Å². The van der Waals surface area contributed by atoms with Crippen LogP contribution in [0.25, 0.3) is 0 Å². The number of hydrogen-bond donors (Lipinski definition) is 3. The fraction of sp³-hybridized carbons (Fsp3) is 0.450. The fourth-order valence-electron chi connectivity index (χ4n) is 3.28. The first kappa shape index (κ1) is 22.9. The Kier molecular flexibility index (Phi) is 7.42. The molecule has 1 aliphatic rings. The third kappa shape index (κ3) is 6.36. The second kappa shape index (κ2) is 10.0. The maximum atomic E-state index is 12.6. The Labute approximate surface area is 182 Å². The summed E-state index contributed by atoms with van der Waals surface area (Å²) in [4.78, 5) is 22.3. The first-order valence-electron chi connectivity index (χ1n) is 10.0. The standard InChI is InChI=1S/C20H28N6O4S/c1-14-12-17(25-16(3)27)4-5-18(14)31(28,29)22-7-6-21-19-13-20(24-15(2)23-19)26-8-10-30-11-9-26/h4-5,12-13,22H,6-11H2,1-3H3,(H,25,27)(H,21,23,24). The molecule has 3 N–H and O–H groups in total. The van der Waals surface area contributed by atoms with E-state index in [1.807, 2.05) is 13.0 Å². The van der Waals surface area contributed by atoms with Crippen LogP contribution >= 0.6 is 0 Å². The van der Waals surface area contributed by atoms with Crippen molar-refractivity contribution in [2.45, 2.75) is 25.7 Å². The number of morpholine rings is 1. The van der Waals surface area contributed by atoms with Crippen molar-refractivity contribution in [3.63, 3.8) is 0 Å². The molecule has 0 unspecified atom stereocenters. The van der Waals surface area contributed by atoms with Crippen molar-refractivity contribution in [3.8, 4) is 0 Å². The minimum absolute atomic E-state index is 0.175. The van der Waals surface area contributed by atoms with Crippen LogP contribution in [0.5, 0.6) is 0 Å². The number of aryl methyl sites for hydroxylation is 2. The molecule has 1 aromatic carbocycles. The van der Waals surface area contributed by atoms with Crippen molar-refractivity contribution in [1.82, 2.24) is 14.7 Å². The Balaban J connectivity index is 1.57. The van der Waals surface area contributed by atoms with Gasteiger partial charge in [0.1, 0.15) is 17.5 Å². The minimum atomic E-state index is -3.68. The van der Waals surface area contributed by atoms with Gasteiger partial charge in [0.2, 0.25) is 15.9 Å². The van der Waals surface area contributed by atoms with Gasteiger partial charge in [-0.3, -0.25) is 4.79 Å². The van der Waals surface area contributed by atoms with Crippen molar-refractivity contribution in [3.05, 3.63) is 35.7 Å². The van der Waals surface area contributed by atoms with Crippen molar-refractivity contribution in [2.75, 3.05) is 54.9 Å². The number of anilines is 3. The topological polar surface area (TPSA) is 126 Å². The average molecular weight is 449 g/mol. The molecule has 0 saturated carbocycles. The molecule has 3 rings (SSSR count). The van der Waals surface area contributed by atoms with Crippen molar-refractivity contribution in [1.29, 1.82) is 0 Å². The number of amides is 1. The van der Waals surface area contributed by atoms with Crippen molar-refractivity contribution < 1.29 is 17.9 Å². The van der Waals surface area contributed by atoms with Crippen LogP contribution < -0.4 is 20.3 Å². The van der Waals surface area contributed by atoms with Crippen LogP contribution in [0.3, 0.4) is 0 Å². The molecule has 168 valence electrons. The lowest BCUT2D eigenvalue weighted by Gasteiger charge is -2.28. The Morgan fingerprint density at radius 2 is 1.87 bits per heavy atom. The quantitative estimate of drug-likeness (QED) is 0.516. The Morgan fingerprint density at radius 1 is 1.13 bits per heavy atom. The molecule has 0 aliphatic carbocycles. The zero-order valence-electron chi connectivity index (χ0n) is 17.9. The van der Waals surface area contributed by atoms with Gasteiger partial charge in [-0.1, -0.05) is 0 Å². The number of aromatic nitrogens is 2. The molecule has 2 aromatic rings. The van der Waals surface area contributed by atoms with Gasteiger partial charge in [-0.25, -0.2) is 23.1 Å². The molecule has 1 saturated heterocycles. The van der Waals surface area contributed by atoms with Gasteiger partial charge in [0, 0.05) is 44.9 Å². The van der Waals surface area contributed by atoms with E-state index in [0.717, 1.165) is 18.9 Å². The van der Waals surface area contributed by atoms with E-state index < -0.39 is 10.0 Å². The number of ether oxygens (including phenoxy) is 1. The van der Waals surface area contributed by atoms with Crippen molar-refractivity contribution >= 4 is 33.3 Å². The summed E-state index contributed by atoms with van der Waals surface area (Å²) in [6.07, 6.45) is 0. The fourth-order valence-corrected chi connectivity index (χ4v) is 4.54. The van der Waals surface area contributed by atoms with E-state index in [9.17, 15) is 13.2 Å². The number of carbonyl (C=O) groups is 1. The molecule has 0 radical (unpaired) electrons. The lowest BCUT2D eigenvalue weighted by molar-refractivity contribution is -0.114. The molecule has 0 atom stereocenters. The molecule has 10 nitrogen and oxygen atoms in total. The second-order valence-electron chi connectivity index (χ2n) is 7.24. The first-order chi connectivity index (χ1) is 14.7. The summed E-state index contributed by atoms with van der Waals surface area (Å²) in [5.41, 5.74) is 1.11. The van der Waals surface area contributed by atoms with Crippen LogP contribution in [-0.4, -0.2) is 63.7 Å². The summed E-state index contributed by atoms with van der Waals surface area (Å²) >= 11 is 0. The molecule has 1 amide bonds. The summed E-state index contributed by atoms with van der Waals surface area (Å²) < 4.78 is 33.3. The Bertz CT molecular complexity index is 1040. The van der Waals surface area contributed by atoms with Crippen LogP contribution in [0.15, 0.2) is 29.2 Å². The van der Waals surface area contributed by atoms with Crippen molar-refractivity contribution in [2.24, 2.45) is 0 Å². The predicted molar refractivity (Wildman–Crippen MR) is 119 cm³/mol. The maximum absolute atomic E-state index is 12.6. The Hall–Kier alpha value is -2.76. The zero-order valence-corrected chi connectivity index (χ0v) is 18.8. The molecule has 31 heavy (non-hydrogen) atoms. The molecule has 2 heterocycles. The highest BCUT2D eigenvalue weighted by Crippen LogP contribution is 2.20. The zero-order chi connectivity index (χ0) is 22.4. The van der Waals surface area contributed by atoms with Crippen LogP contribution in [0.1, 0.15) is 18.3 Å². The van der Waals surface area contributed by atoms with E-state index >= 15 is 0 Å². The van der Waals surface area contributed by atoms with Gasteiger partial charge in [-0.2, -0.15) is 0 Å². The second-order valence-corrected chi connectivity index (χ2v) is 8.98. The van der Waals surface area contributed by atoms with Gasteiger partial charge in [0.15, 0.2) is 0 Å². The van der Waals surface area contributed by atoms with E-state index in [2.05, 4.69) is 30.2 Å². The molecule has 11 heteroatoms. The predicted octanol–water partition coefficient (Wildman–Crippen LogP) is 1.28. The minimum Gasteiger partial charge on any atom is -0.378 e. The highest BCUT2D eigenvalue weighted by atomic mass is 32.2. The summed E-state index contributed by atoms with van der Waals surface area (Å²) in [5, 5.41) is 5.79. The highest BCUT2D eigenvalue weighted by Gasteiger charge is 2.17. The SMILES string of the molecule is CC(=O)Nc1ccc(S(=O)(=O)NCCNc2cc(N3CCOCC3)nc(C)n2)c(C)c1. The number of benzene rings is 1. The molecule has 1 aliphatic heterocycles. The van der Waals surface area contributed by atoms with Crippen LogP contribution in [-0.2, 0) is 19.6 Å². The van der Waals surface area contributed by atoms with Gasteiger partial charge in [0.25, 0.3) is 0 Å². The van der Waals surface area contributed by atoms with Crippen LogP contribution in [0.4, 0.5) is 17.3 Å². The molecular formula is C20H28N6O4S. The van der Waals surface area contributed by atoms with E-state index in [-0.39, 0.29) is 17.3 Å². The smallest absolute Gasteiger partial charge is 0.240 e. The van der Waals surface area contributed by atoms with Crippen LogP contribution in [0, 0.1) is 13.8 Å². The maximum Gasteiger partial charge on any atom is 0.240 e. The molecular weight excluding hydrogens is 420 g/mol. The normalized spacial score (nSPS) is 14.4. The first-order valence-corrected chi connectivity index (χ1v) is 11.5.